The fourth-order valence-corrected chi connectivity index (χ4v) is 2.74. The van der Waals surface area contributed by atoms with Gasteiger partial charge >= 0.3 is 5.97 Å². The average molecular weight is 388 g/mol. The van der Waals surface area contributed by atoms with Gasteiger partial charge in [0.2, 0.25) is 5.91 Å². The number of benzene rings is 3. The van der Waals surface area contributed by atoms with E-state index in [2.05, 4.69) is 10.6 Å². The van der Waals surface area contributed by atoms with Crippen LogP contribution < -0.4 is 10.6 Å². The van der Waals surface area contributed by atoms with Crippen molar-refractivity contribution in [2.45, 2.75) is 13.0 Å². The van der Waals surface area contributed by atoms with Crippen LogP contribution in [0.4, 0.5) is 5.69 Å². The normalized spacial score (nSPS) is 10.2. The average Bonchev–Trinajstić information content (AvgIpc) is 2.73. The summed E-state index contributed by atoms with van der Waals surface area (Å²) >= 11 is 0. The van der Waals surface area contributed by atoms with Crippen LogP contribution in [0.1, 0.15) is 31.8 Å². The predicted molar refractivity (Wildman–Crippen MR) is 110 cm³/mol. The minimum Gasteiger partial charge on any atom is -0.478 e. The molecule has 3 N–H and O–H groups in total. The number of aromatic carboxylic acids is 1. The lowest BCUT2D eigenvalue weighted by molar-refractivity contribution is -0.115. The van der Waals surface area contributed by atoms with Crippen molar-refractivity contribution in [3.8, 4) is 0 Å². The van der Waals surface area contributed by atoms with E-state index in [9.17, 15) is 14.4 Å². The number of carbonyl (C=O) groups is 3. The molecule has 3 aromatic carbocycles. The van der Waals surface area contributed by atoms with Crippen LogP contribution >= 0.6 is 0 Å². The molecule has 3 aromatic rings. The third kappa shape index (κ3) is 5.77. The topological polar surface area (TPSA) is 95.5 Å². The molecule has 0 unspecified atom stereocenters. The van der Waals surface area contributed by atoms with Crippen LogP contribution in [0.15, 0.2) is 78.9 Å². The van der Waals surface area contributed by atoms with Gasteiger partial charge in [-0.15, -0.1) is 0 Å². The van der Waals surface area contributed by atoms with Crippen LogP contribution in [-0.4, -0.2) is 22.9 Å². The molecule has 0 saturated heterocycles. The van der Waals surface area contributed by atoms with Crippen LogP contribution in [0.25, 0.3) is 0 Å². The number of amides is 2. The Bertz CT molecular complexity index is 997. The first-order chi connectivity index (χ1) is 14.0. The third-order valence-corrected chi connectivity index (χ3v) is 4.29. The molecule has 6 nitrogen and oxygen atoms in total. The molecule has 0 fully saturated rings. The molecule has 2 amide bonds. The zero-order valence-electron chi connectivity index (χ0n) is 15.6. The molecule has 6 heteroatoms. The van der Waals surface area contributed by atoms with Crippen LogP contribution in [0, 0.1) is 0 Å². The Morgan fingerprint density at radius 3 is 1.97 bits per heavy atom. The van der Waals surface area contributed by atoms with Crippen LogP contribution in [-0.2, 0) is 17.8 Å². The fourth-order valence-electron chi connectivity index (χ4n) is 2.74. The predicted octanol–water partition coefficient (Wildman–Crippen LogP) is 3.50. The van der Waals surface area contributed by atoms with E-state index in [1.165, 1.54) is 12.1 Å². The summed E-state index contributed by atoms with van der Waals surface area (Å²) in [6.07, 6.45) is 0.281. The van der Waals surface area contributed by atoms with Crippen molar-refractivity contribution in [2.24, 2.45) is 0 Å². The number of anilines is 1. The number of carboxylic acid groups (broad SMARTS) is 1. The minimum atomic E-state index is -0.989. The van der Waals surface area contributed by atoms with Gasteiger partial charge in [0.1, 0.15) is 0 Å². The van der Waals surface area contributed by atoms with E-state index >= 15 is 0 Å². The summed E-state index contributed by atoms with van der Waals surface area (Å²) in [7, 11) is 0. The van der Waals surface area contributed by atoms with Gasteiger partial charge in [0, 0.05) is 17.8 Å². The second-order valence-corrected chi connectivity index (χ2v) is 6.47. The molecule has 0 aliphatic carbocycles. The first-order valence-corrected chi connectivity index (χ1v) is 9.05. The molecule has 0 aliphatic rings. The number of nitrogens with one attached hydrogen (secondary N) is 2. The highest BCUT2D eigenvalue weighted by Gasteiger charge is 2.08. The second-order valence-electron chi connectivity index (χ2n) is 6.47. The molecule has 0 spiro atoms. The van der Waals surface area contributed by atoms with E-state index in [1.54, 1.807) is 36.4 Å². The summed E-state index contributed by atoms with van der Waals surface area (Å²) < 4.78 is 0. The summed E-state index contributed by atoms with van der Waals surface area (Å²) in [4.78, 5) is 35.2. The standard InChI is InChI=1S/C23H20N2O4/c26-21(14-16-4-2-1-3-5-16)25-20-12-10-18(11-13-20)22(27)24-15-17-6-8-19(9-7-17)23(28)29/h1-13H,14-15H2,(H,24,27)(H,25,26)(H,28,29). The summed E-state index contributed by atoms with van der Waals surface area (Å²) in [6, 6.07) is 22.4. The van der Waals surface area contributed by atoms with Gasteiger partial charge in [-0.25, -0.2) is 4.79 Å². The molecule has 3 rings (SSSR count). The van der Waals surface area contributed by atoms with E-state index in [1.807, 2.05) is 30.3 Å². The monoisotopic (exact) mass is 388 g/mol. The highest BCUT2D eigenvalue weighted by Crippen LogP contribution is 2.11. The maximum absolute atomic E-state index is 12.3. The Balaban J connectivity index is 1.51. The van der Waals surface area contributed by atoms with Crippen LogP contribution in [0.5, 0.6) is 0 Å². The molecule has 0 heterocycles. The number of carboxylic acids is 1. The summed E-state index contributed by atoms with van der Waals surface area (Å²) in [5.41, 5.74) is 3.01. The van der Waals surface area contributed by atoms with Crippen molar-refractivity contribution in [3.63, 3.8) is 0 Å². The Hall–Kier alpha value is -3.93. The molecule has 0 atom stereocenters. The smallest absolute Gasteiger partial charge is 0.335 e. The lowest BCUT2D eigenvalue weighted by atomic mass is 10.1. The number of rotatable bonds is 7. The summed E-state index contributed by atoms with van der Waals surface area (Å²) in [5, 5.41) is 14.5. The molecule has 29 heavy (non-hydrogen) atoms. The fraction of sp³-hybridized carbons (Fsp3) is 0.0870. The van der Waals surface area contributed by atoms with Crippen molar-refractivity contribution < 1.29 is 19.5 Å². The van der Waals surface area contributed by atoms with Gasteiger partial charge in [0.25, 0.3) is 5.91 Å². The molecule has 0 radical (unpaired) electrons. The van der Waals surface area contributed by atoms with Crippen molar-refractivity contribution >= 4 is 23.5 Å². The largest absolute Gasteiger partial charge is 0.478 e. The summed E-state index contributed by atoms with van der Waals surface area (Å²) in [6.45, 7) is 0.286. The Morgan fingerprint density at radius 1 is 0.724 bits per heavy atom. The Morgan fingerprint density at radius 2 is 1.34 bits per heavy atom. The molecule has 146 valence electrons. The molecule has 0 bridgehead atoms. The van der Waals surface area contributed by atoms with E-state index in [0.717, 1.165) is 11.1 Å². The first-order valence-electron chi connectivity index (χ1n) is 9.05. The van der Waals surface area contributed by atoms with Gasteiger partial charge in [-0.3, -0.25) is 9.59 Å². The maximum atomic E-state index is 12.3. The van der Waals surface area contributed by atoms with E-state index in [4.69, 9.17) is 5.11 Å². The molecule has 0 aliphatic heterocycles. The Labute approximate surface area is 168 Å². The van der Waals surface area contributed by atoms with Gasteiger partial charge in [0.15, 0.2) is 0 Å². The van der Waals surface area contributed by atoms with E-state index in [-0.39, 0.29) is 30.3 Å². The van der Waals surface area contributed by atoms with Gasteiger partial charge in [0.05, 0.1) is 12.0 Å². The van der Waals surface area contributed by atoms with Gasteiger partial charge < -0.3 is 15.7 Å². The Kier molecular flexibility index (Phi) is 6.37. The zero-order valence-corrected chi connectivity index (χ0v) is 15.6. The van der Waals surface area contributed by atoms with E-state index in [0.29, 0.717) is 11.3 Å². The molecular formula is C23H20N2O4. The third-order valence-electron chi connectivity index (χ3n) is 4.29. The highest BCUT2D eigenvalue weighted by atomic mass is 16.4. The van der Waals surface area contributed by atoms with Crippen molar-refractivity contribution in [3.05, 3.63) is 101 Å². The van der Waals surface area contributed by atoms with Crippen LogP contribution in [0.3, 0.4) is 0 Å². The lowest BCUT2D eigenvalue weighted by Gasteiger charge is -2.08. The lowest BCUT2D eigenvalue weighted by Crippen LogP contribution is -2.22. The summed E-state index contributed by atoms with van der Waals surface area (Å²) in [5.74, 6) is -1.37. The zero-order chi connectivity index (χ0) is 20.6. The number of hydrogen-bond donors (Lipinski definition) is 3. The second kappa shape index (κ2) is 9.32. The van der Waals surface area contributed by atoms with E-state index < -0.39 is 5.97 Å². The van der Waals surface area contributed by atoms with Crippen LogP contribution in [0.2, 0.25) is 0 Å². The maximum Gasteiger partial charge on any atom is 0.335 e. The molecule has 0 aromatic heterocycles. The highest BCUT2D eigenvalue weighted by molar-refractivity contribution is 5.96. The van der Waals surface area contributed by atoms with Crippen molar-refractivity contribution in [1.82, 2.24) is 5.32 Å². The van der Waals surface area contributed by atoms with Gasteiger partial charge in [-0.2, -0.15) is 0 Å². The molecular weight excluding hydrogens is 368 g/mol. The minimum absolute atomic E-state index is 0.127. The van der Waals surface area contributed by atoms with Crippen molar-refractivity contribution in [2.75, 3.05) is 5.32 Å². The van der Waals surface area contributed by atoms with Gasteiger partial charge in [-0.05, 0) is 47.5 Å². The number of hydrogen-bond acceptors (Lipinski definition) is 3. The van der Waals surface area contributed by atoms with Gasteiger partial charge in [-0.1, -0.05) is 42.5 Å². The van der Waals surface area contributed by atoms with Crippen molar-refractivity contribution in [1.29, 1.82) is 0 Å². The first kappa shape index (κ1) is 19.8. The molecule has 0 saturated carbocycles. The SMILES string of the molecule is O=C(Cc1ccccc1)Nc1ccc(C(=O)NCc2ccc(C(=O)O)cc2)cc1. The number of carbonyl (C=O) groups excluding carboxylic acids is 2. The quantitative estimate of drug-likeness (QED) is 0.577.